The van der Waals surface area contributed by atoms with Crippen LogP contribution in [0.25, 0.3) is 33.4 Å². The smallest absolute Gasteiger partial charge is 0.0273 e. The standard InChI is InChI=1S/C35H37N/c1-3-7-26(8-4-1)28-11-15-30(16-12-28)33-23-34(25-35(24-33)32-19-21-36-22-20-32)31-17-13-29(14-18-31)27-9-5-2-6-10-27/h11-27H,1-10H2. The zero-order valence-corrected chi connectivity index (χ0v) is 21.3. The molecule has 36 heavy (non-hydrogen) atoms. The molecule has 0 unspecified atom stereocenters. The fourth-order valence-electron chi connectivity index (χ4n) is 6.44. The zero-order chi connectivity index (χ0) is 24.2. The van der Waals surface area contributed by atoms with E-state index in [1.807, 2.05) is 12.4 Å². The van der Waals surface area contributed by atoms with Gasteiger partial charge in [-0.05, 0) is 112 Å². The highest BCUT2D eigenvalue weighted by atomic mass is 14.6. The molecule has 2 aliphatic rings. The number of hydrogen-bond donors (Lipinski definition) is 0. The highest BCUT2D eigenvalue weighted by molar-refractivity contribution is 5.81. The lowest BCUT2D eigenvalue weighted by Crippen LogP contribution is -2.04. The van der Waals surface area contributed by atoms with Gasteiger partial charge in [-0.3, -0.25) is 4.98 Å². The van der Waals surface area contributed by atoms with Gasteiger partial charge in [-0.1, -0.05) is 87.1 Å². The third-order valence-electron chi connectivity index (χ3n) is 8.59. The minimum Gasteiger partial charge on any atom is -0.265 e. The molecule has 6 rings (SSSR count). The third-order valence-corrected chi connectivity index (χ3v) is 8.59. The summed E-state index contributed by atoms with van der Waals surface area (Å²) in [7, 11) is 0. The van der Waals surface area contributed by atoms with E-state index in [0.29, 0.717) is 0 Å². The van der Waals surface area contributed by atoms with Crippen molar-refractivity contribution in [1.82, 2.24) is 4.98 Å². The first-order chi connectivity index (χ1) is 17.8. The van der Waals surface area contributed by atoms with Gasteiger partial charge in [-0.25, -0.2) is 0 Å². The molecule has 2 saturated carbocycles. The van der Waals surface area contributed by atoms with Crippen LogP contribution in [0.3, 0.4) is 0 Å². The van der Waals surface area contributed by atoms with Crippen LogP contribution in [0.1, 0.15) is 87.2 Å². The van der Waals surface area contributed by atoms with Crippen LogP contribution in [0.2, 0.25) is 0 Å². The second kappa shape index (κ2) is 10.8. The average Bonchev–Trinajstić information content (AvgIpc) is 2.98. The minimum absolute atomic E-state index is 0.745. The van der Waals surface area contributed by atoms with Crippen LogP contribution in [-0.4, -0.2) is 4.98 Å². The summed E-state index contributed by atoms with van der Waals surface area (Å²) < 4.78 is 0. The lowest BCUT2D eigenvalue weighted by molar-refractivity contribution is 0.443. The normalized spacial score (nSPS) is 17.2. The number of rotatable bonds is 5. The average molecular weight is 472 g/mol. The highest BCUT2D eigenvalue weighted by Crippen LogP contribution is 2.37. The number of aromatic nitrogens is 1. The lowest BCUT2D eigenvalue weighted by atomic mass is 9.83. The molecule has 2 fully saturated rings. The molecule has 0 saturated heterocycles. The Morgan fingerprint density at radius 1 is 0.389 bits per heavy atom. The fourth-order valence-corrected chi connectivity index (χ4v) is 6.44. The molecule has 0 spiro atoms. The second-order valence-corrected chi connectivity index (χ2v) is 10.9. The molecule has 0 N–H and O–H groups in total. The molecule has 0 amide bonds. The molecular weight excluding hydrogens is 434 g/mol. The van der Waals surface area contributed by atoms with Crippen molar-refractivity contribution in [1.29, 1.82) is 0 Å². The van der Waals surface area contributed by atoms with Crippen molar-refractivity contribution in [2.75, 3.05) is 0 Å². The van der Waals surface area contributed by atoms with Gasteiger partial charge in [-0.15, -0.1) is 0 Å². The van der Waals surface area contributed by atoms with E-state index in [1.54, 1.807) is 0 Å². The van der Waals surface area contributed by atoms with Gasteiger partial charge in [-0.2, -0.15) is 0 Å². The van der Waals surface area contributed by atoms with Crippen LogP contribution in [0.4, 0.5) is 0 Å². The Morgan fingerprint density at radius 3 is 1.14 bits per heavy atom. The topological polar surface area (TPSA) is 12.9 Å². The van der Waals surface area contributed by atoms with Crippen LogP contribution in [0, 0.1) is 0 Å². The molecule has 1 aromatic heterocycles. The summed E-state index contributed by atoms with van der Waals surface area (Å²) >= 11 is 0. The van der Waals surface area contributed by atoms with Gasteiger partial charge in [0.15, 0.2) is 0 Å². The fraction of sp³-hybridized carbons (Fsp3) is 0.343. The molecule has 1 heterocycles. The van der Waals surface area contributed by atoms with Gasteiger partial charge < -0.3 is 0 Å². The SMILES string of the molecule is c1cc(-c2cc(-c3ccc(C4CCCCC4)cc3)cc(-c3ccc(C4CCCCC4)cc3)c2)ccn1. The predicted molar refractivity (Wildman–Crippen MR) is 152 cm³/mol. The number of hydrogen-bond acceptors (Lipinski definition) is 1. The highest BCUT2D eigenvalue weighted by Gasteiger charge is 2.17. The molecule has 3 aromatic carbocycles. The molecule has 4 aromatic rings. The summed E-state index contributed by atoms with van der Waals surface area (Å²) in [6.45, 7) is 0. The summed E-state index contributed by atoms with van der Waals surface area (Å²) in [4.78, 5) is 4.24. The molecule has 0 radical (unpaired) electrons. The van der Waals surface area contributed by atoms with Crippen molar-refractivity contribution < 1.29 is 0 Å². The second-order valence-electron chi connectivity index (χ2n) is 10.9. The van der Waals surface area contributed by atoms with Crippen LogP contribution in [-0.2, 0) is 0 Å². The van der Waals surface area contributed by atoms with Crippen molar-refractivity contribution in [2.24, 2.45) is 0 Å². The summed E-state index contributed by atoms with van der Waals surface area (Å²) in [6, 6.07) is 30.1. The Labute approximate surface area is 216 Å². The van der Waals surface area contributed by atoms with Gasteiger partial charge in [0.1, 0.15) is 0 Å². The van der Waals surface area contributed by atoms with Crippen molar-refractivity contribution >= 4 is 0 Å². The lowest BCUT2D eigenvalue weighted by Gasteiger charge is -2.22. The molecule has 182 valence electrons. The molecule has 0 atom stereocenters. The Bertz CT molecular complexity index is 1180. The maximum atomic E-state index is 4.24. The summed E-state index contributed by atoms with van der Waals surface area (Å²) in [5, 5.41) is 0. The Balaban J connectivity index is 1.34. The summed E-state index contributed by atoms with van der Waals surface area (Å²) in [5.74, 6) is 1.49. The quantitative estimate of drug-likeness (QED) is 0.282. The van der Waals surface area contributed by atoms with E-state index >= 15 is 0 Å². The minimum atomic E-state index is 0.745. The molecular formula is C35H37N. The number of nitrogens with zero attached hydrogens (tertiary/aromatic N) is 1. The first-order valence-corrected chi connectivity index (χ1v) is 14.1. The van der Waals surface area contributed by atoms with E-state index in [1.165, 1.54) is 109 Å². The van der Waals surface area contributed by atoms with Crippen molar-refractivity contribution in [3.05, 3.63) is 102 Å². The van der Waals surface area contributed by atoms with E-state index in [2.05, 4.69) is 83.8 Å². The number of pyridine rings is 1. The predicted octanol–water partition coefficient (Wildman–Crippen LogP) is 10.2. The maximum absolute atomic E-state index is 4.24. The largest absolute Gasteiger partial charge is 0.265 e. The molecule has 0 bridgehead atoms. The summed E-state index contributed by atoms with van der Waals surface area (Å²) in [5.41, 5.74) is 10.7. The first kappa shape index (κ1) is 23.2. The van der Waals surface area contributed by atoms with Crippen molar-refractivity contribution in [3.8, 4) is 33.4 Å². The first-order valence-electron chi connectivity index (χ1n) is 14.1. The van der Waals surface area contributed by atoms with Crippen LogP contribution < -0.4 is 0 Å². The molecule has 0 aliphatic heterocycles. The van der Waals surface area contributed by atoms with Gasteiger partial charge in [0.05, 0.1) is 0 Å². The third kappa shape index (κ3) is 5.16. The van der Waals surface area contributed by atoms with Gasteiger partial charge in [0.25, 0.3) is 0 Å². The monoisotopic (exact) mass is 471 g/mol. The Hall–Kier alpha value is -3.19. The van der Waals surface area contributed by atoms with Crippen molar-refractivity contribution in [2.45, 2.75) is 76.0 Å². The van der Waals surface area contributed by atoms with E-state index in [-0.39, 0.29) is 0 Å². The van der Waals surface area contributed by atoms with Gasteiger partial charge in [0, 0.05) is 12.4 Å². The molecule has 1 heteroatoms. The van der Waals surface area contributed by atoms with E-state index in [9.17, 15) is 0 Å². The van der Waals surface area contributed by atoms with Gasteiger partial charge >= 0.3 is 0 Å². The van der Waals surface area contributed by atoms with Gasteiger partial charge in [0.2, 0.25) is 0 Å². The molecule has 1 nitrogen and oxygen atoms in total. The summed E-state index contributed by atoms with van der Waals surface area (Å²) in [6.07, 6.45) is 17.5. The van der Waals surface area contributed by atoms with Crippen molar-refractivity contribution in [3.63, 3.8) is 0 Å². The molecule has 2 aliphatic carbocycles. The van der Waals surface area contributed by atoms with Crippen LogP contribution >= 0.6 is 0 Å². The number of benzene rings is 3. The van der Waals surface area contributed by atoms with E-state index in [4.69, 9.17) is 0 Å². The zero-order valence-electron chi connectivity index (χ0n) is 21.3. The Morgan fingerprint density at radius 2 is 0.750 bits per heavy atom. The van der Waals surface area contributed by atoms with Crippen LogP contribution in [0.15, 0.2) is 91.3 Å². The van der Waals surface area contributed by atoms with E-state index < -0.39 is 0 Å². The Kier molecular flexibility index (Phi) is 6.98. The van der Waals surface area contributed by atoms with E-state index in [0.717, 1.165) is 11.8 Å². The maximum Gasteiger partial charge on any atom is 0.0273 e. The van der Waals surface area contributed by atoms with Crippen LogP contribution in [0.5, 0.6) is 0 Å².